The molecule has 0 spiro atoms. The van der Waals surface area contributed by atoms with Gasteiger partial charge >= 0.3 is 0 Å². The van der Waals surface area contributed by atoms with Crippen LogP contribution in [0.15, 0.2) is 12.3 Å². The molecule has 1 N–H and O–H groups in total. The quantitative estimate of drug-likeness (QED) is 0.716. The van der Waals surface area contributed by atoms with E-state index >= 15 is 0 Å². The van der Waals surface area contributed by atoms with Crippen LogP contribution in [0.4, 0.5) is 0 Å². The van der Waals surface area contributed by atoms with Gasteiger partial charge in [0.05, 0.1) is 18.3 Å². The molecule has 0 unspecified atom stereocenters. The van der Waals surface area contributed by atoms with Crippen molar-refractivity contribution >= 4 is 0 Å². The third-order valence-electron chi connectivity index (χ3n) is 4.19. The fourth-order valence-corrected chi connectivity index (χ4v) is 2.86. The SMILES string of the molecule is CCC(CC)N(CCO)Cc1ccn(C(CC)CC)n1. The Kier molecular flexibility index (Phi) is 7.85. The lowest BCUT2D eigenvalue weighted by molar-refractivity contribution is 0.134. The second kappa shape index (κ2) is 9.14. The van der Waals surface area contributed by atoms with Crippen LogP contribution in [0.5, 0.6) is 0 Å². The molecule has 0 bridgehead atoms. The van der Waals surface area contributed by atoms with Gasteiger partial charge in [-0.3, -0.25) is 9.58 Å². The third-order valence-corrected chi connectivity index (χ3v) is 4.19. The molecule has 4 heteroatoms. The highest BCUT2D eigenvalue weighted by Crippen LogP contribution is 2.16. The van der Waals surface area contributed by atoms with E-state index in [1.54, 1.807) is 0 Å². The lowest BCUT2D eigenvalue weighted by Gasteiger charge is -2.29. The highest BCUT2D eigenvalue weighted by Gasteiger charge is 2.16. The molecule has 1 rings (SSSR count). The van der Waals surface area contributed by atoms with Gasteiger partial charge in [-0.1, -0.05) is 27.7 Å². The number of aromatic nitrogens is 2. The van der Waals surface area contributed by atoms with Crippen molar-refractivity contribution in [2.45, 2.75) is 72.0 Å². The van der Waals surface area contributed by atoms with Crippen LogP contribution >= 0.6 is 0 Å². The molecule has 0 aliphatic rings. The monoisotopic (exact) mass is 281 g/mol. The summed E-state index contributed by atoms with van der Waals surface area (Å²) in [4.78, 5) is 2.35. The van der Waals surface area contributed by atoms with Crippen molar-refractivity contribution in [2.24, 2.45) is 0 Å². The fraction of sp³-hybridized carbons (Fsp3) is 0.812. The van der Waals surface area contributed by atoms with Gasteiger partial charge in [-0.25, -0.2) is 0 Å². The molecular weight excluding hydrogens is 250 g/mol. The van der Waals surface area contributed by atoms with E-state index in [0.29, 0.717) is 12.1 Å². The molecule has 0 saturated heterocycles. The van der Waals surface area contributed by atoms with Crippen LogP contribution in [-0.4, -0.2) is 39.0 Å². The fourth-order valence-electron chi connectivity index (χ4n) is 2.86. The van der Waals surface area contributed by atoms with Crippen molar-refractivity contribution in [2.75, 3.05) is 13.2 Å². The van der Waals surface area contributed by atoms with Crippen molar-refractivity contribution < 1.29 is 5.11 Å². The van der Waals surface area contributed by atoms with E-state index in [0.717, 1.165) is 44.5 Å². The summed E-state index contributed by atoms with van der Waals surface area (Å²) < 4.78 is 2.10. The van der Waals surface area contributed by atoms with Crippen LogP contribution in [0.1, 0.15) is 65.1 Å². The Labute approximate surface area is 123 Å². The van der Waals surface area contributed by atoms with Gasteiger partial charge in [-0.15, -0.1) is 0 Å². The van der Waals surface area contributed by atoms with Crippen LogP contribution in [0, 0.1) is 0 Å². The number of nitrogens with zero attached hydrogens (tertiary/aromatic N) is 3. The van der Waals surface area contributed by atoms with Gasteiger partial charge in [0.15, 0.2) is 0 Å². The first-order valence-corrected chi connectivity index (χ1v) is 8.08. The summed E-state index contributed by atoms with van der Waals surface area (Å²) in [6.45, 7) is 10.6. The molecule has 116 valence electrons. The summed E-state index contributed by atoms with van der Waals surface area (Å²) in [7, 11) is 0. The minimum atomic E-state index is 0.212. The van der Waals surface area contributed by atoms with Crippen LogP contribution in [0.3, 0.4) is 0 Å². The van der Waals surface area contributed by atoms with Gasteiger partial charge in [0, 0.05) is 25.3 Å². The number of hydrogen-bond acceptors (Lipinski definition) is 3. The second-order valence-electron chi connectivity index (χ2n) is 5.42. The molecule has 0 aliphatic heterocycles. The predicted molar refractivity (Wildman–Crippen MR) is 83.7 cm³/mol. The molecule has 0 atom stereocenters. The Hall–Kier alpha value is -0.870. The maximum absolute atomic E-state index is 9.26. The van der Waals surface area contributed by atoms with Crippen molar-refractivity contribution in [1.82, 2.24) is 14.7 Å². The summed E-state index contributed by atoms with van der Waals surface area (Å²) in [5.74, 6) is 0. The molecule has 0 aromatic carbocycles. The summed E-state index contributed by atoms with van der Waals surface area (Å²) in [5, 5.41) is 14.0. The molecule has 0 saturated carbocycles. The lowest BCUT2D eigenvalue weighted by atomic mass is 10.1. The van der Waals surface area contributed by atoms with Crippen LogP contribution < -0.4 is 0 Å². The Morgan fingerprint density at radius 1 is 1.15 bits per heavy atom. The van der Waals surface area contributed by atoms with E-state index in [-0.39, 0.29) is 6.61 Å². The minimum Gasteiger partial charge on any atom is -0.395 e. The van der Waals surface area contributed by atoms with E-state index in [2.05, 4.69) is 49.5 Å². The largest absolute Gasteiger partial charge is 0.395 e. The molecule has 1 heterocycles. The highest BCUT2D eigenvalue weighted by molar-refractivity contribution is 5.00. The molecule has 4 nitrogen and oxygen atoms in total. The Bertz CT molecular complexity index is 356. The number of rotatable bonds is 10. The maximum atomic E-state index is 9.26. The van der Waals surface area contributed by atoms with Gasteiger partial charge in [-0.2, -0.15) is 5.10 Å². The average molecular weight is 281 g/mol. The minimum absolute atomic E-state index is 0.212. The Morgan fingerprint density at radius 2 is 1.80 bits per heavy atom. The third kappa shape index (κ3) is 4.60. The molecule has 20 heavy (non-hydrogen) atoms. The molecule has 0 fully saturated rings. The molecule has 0 radical (unpaired) electrons. The predicted octanol–water partition coefficient (Wildman–Crippen LogP) is 3.23. The average Bonchev–Trinajstić information content (AvgIpc) is 2.90. The van der Waals surface area contributed by atoms with Gasteiger partial charge in [0.25, 0.3) is 0 Å². The number of aliphatic hydroxyl groups excluding tert-OH is 1. The Balaban J connectivity index is 2.73. The normalized spacial score (nSPS) is 12.0. The van der Waals surface area contributed by atoms with Crippen molar-refractivity contribution in [3.63, 3.8) is 0 Å². The molecule has 1 aromatic heterocycles. The van der Waals surface area contributed by atoms with E-state index < -0.39 is 0 Å². The van der Waals surface area contributed by atoms with Crippen molar-refractivity contribution in [1.29, 1.82) is 0 Å². The number of hydrogen-bond donors (Lipinski definition) is 1. The van der Waals surface area contributed by atoms with Crippen molar-refractivity contribution in [3.8, 4) is 0 Å². The van der Waals surface area contributed by atoms with E-state index in [4.69, 9.17) is 5.10 Å². The van der Waals surface area contributed by atoms with Gasteiger partial charge in [0.1, 0.15) is 0 Å². The summed E-state index contributed by atoms with van der Waals surface area (Å²) in [6.07, 6.45) is 6.56. The smallest absolute Gasteiger partial charge is 0.0765 e. The van der Waals surface area contributed by atoms with Crippen LogP contribution in [0.2, 0.25) is 0 Å². The van der Waals surface area contributed by atoms with E-state index in [9.17, 15) is 5.11 Å². The zero-order valence-electron chi connectivity index (χ0n) is 13.5. The molecule has 0 aliphatic carbocycles. The summed E-state index contributed by atoms with van der Waals surface area (Å²) in [5.41, 5.74) is 1.11. The molecule has 0 amide bonds. The van der Waals surface area contributed by atoms with Gasteiger partial charge in [-0.05, 0) is 31.7 Å². The summed E-state index contributed by atoms with van der Waals surface area (Å²) in [6, 6.07) is 3.15. The van der Waals surface area contributed by atoms with Crippen molar-refractivity contribution in [3.05, 3.63) is 18.0 Å². The van der Waals surface area contributed by atoms with Gasteiger partial charge < -0.3 is 5.11 Å². The van der Waals surface area contributed by atoms with Crippen LogP contribution in [0.25, 0.3) is 0 Å². The number of aliphatic hydroxyl groups is 1. The first-order valence-electron chi connectivity index (χ1n) is 8.08. The standard InChI is InChI=1S/C16H31N3O/c1-5-15(6-2)18(11-12-20)13-14-9-10-19(17-14)16(7-3)8-4/h9-10,15-16,20H,5-8,11-13H2,1-4H3. The summed E-state index contributed by atoms with van der Waals surface area (Å²) >= 11 is 0. The first-order chi connectivity index (χ1) is 9.69. The Morgan fingerprint density at radius 3 is 2.30 bits per heavy atom. The zero-order valence-corrected chi connectivity index (χ0v) is 13.5. The van der Waals surface area contributed by atoms with Gasteiger partial charge in [0.2, 0.25) is 0 Å². The molecule has 1 aromatic rings. The zero-order chi connectivity index (χ0) is 15.0. The lowest BCUT2D eigenvalue weighted by Crippen LogP contribution is -2.36. The van der Waals surface area contributed by atoms with Crippen LogP contribution in [-0.2, 0) is 6.54 Å². The second-order valence-corrected chi connectivity index (χ2v) is 5.42. The molecular formula is C16H31N3O. The van der Waals surface area contributed by atoms with E-state index in [1.165, 1.54) is 0 Å². The topological polar surface area (TPSA) is 41.3 Å². The highest BCUT2D eigenvalue weighted by atomic mass is 16.3. The van der Waals surface area contributed by atoms with E-state index in [1.807, 2.05) is 0 Å². The maximum Gasteiger partial charge on any atom is 0.0765 e. The first kappa shape index (κ1) is 17.2.